The van der Waals surface area contributed by atoms with Crippen LogP contribution in [0.25, 0.3) is 0 Å². The van der Waals surface area contributed by atoms with Gasteiger partial charge >= 0.3 is 80.6 Å². The molecule has 0 saturated carbocycles. The van der Waals surface area contributed by atoms with Crippen LogP contribution in [-0.4, -0.2) is 49.9 Å². The van der Waals surface area contributed by atoms with Gasteiger partial charge in [-0.15, -0.1) is 6.10 Å². The fourth-order valence-corrected chi connectivity index (χ4v) is 3.57. The van der Waals surface area contributed by atoms with Crippen molar-refractivity contribution in [2.24, 2.45) is 0 Å². The Balaban J connectivity index is -0.000000323. The third-order valence-corrected chi connectivity index (χ3v) is 8.25. The molecule has 56 heavy (non-hydrogen) atoms. The summed E-state index contributed by atoms with van der Waals surface area (Å²) in [6, 6.07) is 0. The summed E-state index contributed by atoms with van der Waals surface area (Å²) in [6.07, 6.45) is -33.8. The molecule has 7 nitrogen and oxygen atoms in total. The zero-order valence-corrected chi connectivity index (χ0v) is 34.2. The summed E-state index contributed by atoms with van der Waals surface area (Å²) in [6.45, 7) is 7.08. The van der Waals surface area contributed by atoms with Crippen molar-refractivity contribution in [1.82, 2.24) is 29.9 Å². The van der Waals surface area contributed by atoms with Gasteiger partial charge in [0.1, 0.15) is 9.21 Å². The van der Waals surface area contributed by atoms with Crippen LogP contribution in [0.2, 0.25) is 19.6 Å². The quantitative estimate of drug-likeness (QED) is 0.195. The van der Waals surface area contributed by atoms with E-state index in [-0.39, 0.29) is 37.7 Å². The van der Waals surface area contributed by atoms with Gasteiger partial charge in [0.05, 0.1) is 0 Å². The summed E-state index contributed by atoms with van der Waals surface area (Å²) in [4.78, 5) is 11.8. The van der Waals surface area contributed by atoms with E-state index in [1.807, 2.05) is 9.97 Å². The summed E-state index contributed by atoms with van der Waals surface area (Å²) >= 11 is 9.57. The number of H-pyrrole nitrogens is 3. The summed E-state index contributed by atoms with van der Waals surface area (Å²) in [5.41, 5.74) is -10.4. The second-order valence-corrected chi connectivity index (χ2v) is 17.9. The number of aromatic nitrogens is 6. The van der Waals surface area contributed by atoms with Crippen LogP contribution >= 0.6 is 47.8 Å². The monoisotopic (exact) mass is 1060 g/mol. The van der Waals surface area contributed by atoms with Crippen molar-refractivity contribution in [1.29, 1.82) is 0 Å². The van der Waals surface area contributed by atoms with Crippen molar-refractivity contribution in [2.75, 3.05) is 0 Å². The van der Waals surface area contributed by atoms with Gasteiger partial charge in [-0.2, -0.15) is 92.2 Å². The second kappa shape index (κ2) is 22.0. The number of aromatic amines is 3. The molecule has 0 bridgehead atoms. The van der Waals surface area contributed by atoms with E-state index >= 15 is 0 Å². The molecule has 3 N–H and O–H groups in total. The number of hydrogen-bond acceptors (Lipinski definition) is 4. The van der Waals surface area contributed by atoms with Crippen LogP contribution in [-0.2, 0) is 37.1 Å². The van der Waals surface area contributed by atoms with E-state index in [4.69, 9.17) is 0 Å². The van der Waals surface area contributed by atoms with Crippen molar-refractivity contribution in [3.05, 3.63) is 48.4 Å². The van der Waals surface area contributed by atoms with Crippen LogP contribution in [0.3, 0.4) is 0 Å². The molecular formula is C22H19Br3F21Li2N6OSi+. The molecule has 0 saturated heterocycles. The molecule has 0 aliphatic heterocycles. The second-order valence-electron chi connectivity index (χ2n) is 10.5. The molecule has 0 amide bonds. The van der Waals surface area contributed by atoms with E-state index in [0.717, 1.165) is 13.9 Å². The van der Waals surface area contributed by atoms with Crippen molar-refractivity contribution in [3.8, 4) is 0 Å². The van der Waals surface area contributed by atoms with Crippen LogP contribution in [0.15, 0.2) is 13.9 Å². The van der Waals surface area contributed by atoms with Crippen molar-refractivity contribution in [2.45, 2.75) is 82.4 Å². The Morgan fingerprint density at radius 2 is 0.750 bits per heavy atom. The van der Waals surface area contributed by atoms with Gasteiger partial charge in [0, 0.05) is 0 Å². The first-order chi connectivity index (χ1) is 23.3. The minimum Gasteiger partial charge on any atom is -0.852 e. The number of nitrogens with one attached hydrogen (secondary N) is 3. The van der Waals surface area contributed by atoms with E-state index in [2.05, 4.69) is 57.8 Å². The Hall–Kier alpha value is -1.03. The van der Waals surface area contributed by atoms with Gasteiger partial charge in [0.15, 0.2) is 35.6 Å². The van der Waals surface area contributed by atoms with Gasteiger partial charge < -0.3 is 20.1 Å². The molecule has 0 aliphatic rings. The van der Waals surface area contributed by atoms with E-state index in [1.165, 1.54) is 19.6 Å². The molecule has 0 aromatic carbocycles. The third-order valence-electron chi connectivity index (χ3n) is 4.49. The molecule has 0 unspecified atom stereocenters. The topological polar surface area (TPSA) is 109 Å². The first-order valence-corrected chi connectivity index (χ1v) is 18.6. The maximum Gasteiger partial charge on any atom is 1.00 e. The molecule has 0 radical (unpaired) electrons. The fraction of sp³-hybridized carbons (Fsp3) is 0.591. The Labute approximate surface area is 349 Å². The maximum absolute atomic E-state index is 12.0. The minimum atomic E-state index is -5.63. The average molecular weight is 1060 g/mol. The molecule has 3 aromatic rings. The number of halogens is 24. The van der Waals surface area contributed by atoms with Crippen molar-refractivity contribution in [3.63, 3.8) is 0 Å². The summed E-state index contributed by atoms with van der Waals surface area (Å²) in [5, 5.41) is 9.53. The first-order valence-electron chi connectivity index (χ1n) is 12.8. The van der Waals surface area contributed by atoms with E-state index < -0.39 is 91.5 Å². The number of nitrogens with zero attached hydrogens (tertiary/aromatic N) is 3. The summed E-state index contributed by atoms with van der Waals surface area (Å²) in [5.74, 6) is -8.62. The van der Waals surface area contributed by atoms with E-state index in [1.54, 1.807) is 13.8 Å². The molecule has 0 fully saturated rings. The SMILES string of the molecule is Brc1nc(Br)c(Br)[nH]1.CC(C)[O-].C[Si](C)(C)C(F)(F)F.FC(F)(F)c1nc(C(F)(F)F)c(C(F)(F)F)[nH]1.FC(F)(F)c1nc(C(F)(F)F)c(C(F)(F)F)[nH]1.[Li+].[Li+]. The Morgan fingerprint density at radius 1 is 0.500 bits per heavy atom. The Kier molecular flexibility index (Phi) is 24.2. The molecule has 0 spiro atoms. The van der Waals surface area contributed by atoms with Gasteiger partial charge in [-0.3, -0.25) is 0 Å². The number of hydrogen-bond donors (Lipinski definition) is 3. The third kappa shape index (κ3) is 22.4. The van der Waals surface area contributed by atoms with Gasteiger partial charge in [-0.05, 0) is 47.8 Å². The normalized spacial score (nSPS) is 12.7. The van der Waals surface area contributed by atoms with E-state index in [0.29, 0.717) is 9.97 Å². The average Bonchev–Trinajstić information content (AvgIpc) is 3.59. The molecule has 316 valence electrons. The number of rotatable bonds is 0. The predicted octanol–water partition coefficient (Wildman–Crippen LogP) is 5.82. The van der Waals surface area contributed by atoms with Gasteiger partial charge in [-0.25, -0.2) is 15.0 Å². The largest absolute Gasteiger partial charge is 1.00 e. The van der Waals surface area contributed by atoms with Gasteiger partial charge in [0.2, 0.25) is 11.6 Å². The molecule has 0 aliphatic carbocycles. The Morgan fingerprint density at radius 3 is 0.839 bits per heavy atom. The van der Waals surface area contributed by atoms with Crippen LogP contribution < -0.4 is 42.8 Å². The Bertz CT molecular complexity index is 1420. The summed E-state index contributed by atoms with van der Waals surface area (Å²) < 4.78 is 253. The number of alkyl halides is 21. The predicted molar refractivity (Wildman–Crippen MR) is 153 cm³/mol. The molecule has 0 atom stereocenters. The molecule has 34 heteroatoms. The summed E-state index contributed by atoms with van der Waals surface area (Å²) in [7, 11) is -2.86. The van der Waals surface area contributed by atoms with Crippen molar-refractivity contribution < 1.29 is 135 Å². The number of imidazole rings is 3. The van der Waals surface area contributed by atoms with Gasteiger partial charge in [0.25, 0.3) is 0 Å². The standard InChI is InChI=1S/2C6HF9N2.C4H9F3Si.C3HBr3N2.C3H7O.2Li/c2*7-4(8,9)1-2(5(10,11)12)17-3(16-1)6(13,14)15;1-8(2,3)4(5,6)7;4-1-2(5)8-3(6)7-1;1-3(2)4;;/h2*(H,16,17);1-3H3;(H,7,8);3H,1-2H3;;/q;;;;-1;2*+1. The van der Waals surface area contributed by atoms with E-state index in [9.17, 15) is 97.3 Å². The maximum atomic E-state index is 12.0. The first kappa shape index (κ1) is 61.6. The zero-order valence-electron chi connectivity index (χ0n) is 28.4. The van der Waals surface area contributed by atoms with Crippen LogP contribution in [0.4, 0.5) is 92.2 Å². The van der Waals surface area contributed by atoms with Crippen LogP contribution in [0.1, 0.15) is 48.3 Å². The minimum absolute atomic E-state index is 0. The molecular weight excluding hydrogens is 1040 g/mol. The molecule has 3 rings (SSSR count). The van der Waals surface area contributed by atoms with Crippen LogP contribution in [0, 0.1) is 0 Å². The van der Waals surface area contributed by atoms with Crippen molar-refractivity contribution >= 4 is 55.9 Å². The van der Waals surface area contributed by atoms with Crippen LogP contribution in [0.5, 0.6) is 0 Å². The molecule has 3 heterocycles. The fourth-order valence-electron chi connectivity index (χ4n) is 2.14. The zero-order chi connectivity index (χ0) is 44.0. The molecule has 3 aromatic heterocycles. The smallest absolute Gasteiger partial charge is 0.852 e. The van der Waals surface area contributed by atoms with Gasteiger partial charge in [-0.1, -0.05) is 33.5 Å².